The Balaban J connectivity index is 1.90. The highest BCUT2D eigenvalue weighted by Crippen LogP contribution is 2.18. The van der Waals surface area contributed by atoms with Crippen molar-refractivity contribution in [1.82, 2.24) is 10.6 Å². The zero-order chi connectivity index (χ0) is 14.5. The smallest absolute Gasteiger partial charge is 0.253 e. The zero-order valence-electron chi connectivity index (χ0n) is 11.5. The van der Waals surface area contributed by atoms with E-state index in [0.29, 0.717) is 10.6 Å². The van der Waals surface area contributed by atoms with Gasteiger partial charge in [-0.1, -0.05) is 36.6 Å². The van der Waals surface area contributed by atoms with Gasteiger partial charge in [0.15, 0.2) is 0 Å². The number of hydrogen-bond donors (Lipinski definition) is 2. The summed E-state index contributed by atoms with van der Waals surface area (Å²) in [6.45, 7) is 1.68. The van der Waals surface area contributed by atoms with Gasteiger partial charge < -0.3 is 10.6 Å². The van der Waals surface area contributed by atoms with Gasteiger partial charge >= 0.3 is 0 Å². The topological polar surface area (TPSA) is 58.2 Å². The third-order valence-corrected chi connectivity index (χ3v) is 3.89. The third kappa shape index (κ3) is 3.73. The van der Waals surface area contributed by atoms with Crippen LogP contribution in [-0.2, 0) is 4.79 Å². The second-order valence-corrected chi connectivity index (χ2v) is 5.57. The molecule has 1 aliphatic rings. The summed E-state index contributed by atoms with van der Waals surface area (Å²) in [5.41, 5.74) is 0.384. The van der Waals surface area contributed by atoms with Crippen LogP contribution >= 0.6 is 11.6 Å². The molecule has 1 aromatic rings. The summed E-state index contributed by atoms with van der Waals surface area (Å²) in [6, 6.07) is 6.47. The van der Waals surface area contributed by atoms with Gasteiger partial charge in [-0.25, -0.2) is 0 Å². The SMILES string of the molecule is CC(NC(=O)c1ccccc1Cl)C(=O)NC1CCCC1. The third-order valence-electron chi connectivity index (χ3n) is 3.56. The molecule has 5 heteroatoms. The van der Waals surface area contributed by atoms with Gasteiger partial charge in [-0.2, -0.15) is 0 Å². The van der Waals surface area contributed by atoms with Crippen molar-refractivity contribution >= 4 is 23.4 Å². The Morgan fingerprint density at radius 2 is 1.90 bits per heavy atom. The predicted molar refractivity (Wildman–Crippen MR) is 78.8 cm³/mol. The molecule has 0 bridgehead atoms. The molecule has 0 saturated heterocycles. The summed E-state index contributed by atoms with van der Waals surface area (Å²) >= 11 is 5.96. The average molecular weight is 295 g/mol. The van der Waals surface area contributed by atoms with Crippen molar-refractivity contribution in [3.63, 3.8) is 0 Å². The molecule has 2 rings (SSSR count). The normalized spacial score (nSPS) is 16.7. The van der Waals surface area contributed by atoms with Crippen molar-refractivity contribution in [1.29, 1.82) is 0 Å². The molecule has 1 saturated carbocycles. The first-order valence-corrected chi connectivity index (χ1v) is 7.31. The van der Waals surface area contributed by atoms with Gasteiger partial charge in [-0.05, 0) is 31.9 Å². The fourth-order valence-corrected chi connectivity index (χ4v) is 2.60. The van der Waals surface area contributed by atoms with Crippen LogP contribution in [0.4, 0.5) is 0 Å². The van der Waals surface area contributed by atoms with Crippen molar-refractivity contribution in [2.45, 2.75) is 44.7 Å². The number of nitrogens with one attached hydrogen (secondary N) is 2. The van der Waals surface area contributed by atoms with Gasteiger partial charge in [0, 0.05) is 6.04 Å². The highest BCUT2D eigenvalue weighted by Gasteiger charge is 2.22. The molecule has 0 aliphatic heterocycles. The second-order valence-electron chi connectivity index (χ2n) is 5.16. The molecule has 4 nitrogen and oxygen atoms in total. The van der Waals surface area contributed by atoms with Crippen LogP contribution in [0.1, 0.15) is 43.0 Å². The Bertz CT molecular complexity index is 498. The van der Waals surface area contributed by atoms with Crippen molar-refractivity contribution in [2.24, 2.45) is 0 Å². The van der Waals surface area contributed by atoms with Crippen molar-refractivity contribution in [3.05, 3.63) is 34.9 Å². The first-order valence-electron chi connectivity index (χ1n) is 6.93. The van der Waals surface area contributed by atoms with Crippen LogP contribution in [0.3, 0.4) is 0 Å². The van der Waals surface area contributed by atoms with Crippen molar-refractivity contribution < 1.29 is 9.59 Å². The van der Waals surface area contributed by atoms with E-state index in [-0.39, 0.29) is 17.9 Å². The largest absolute Gasteiger partial charge is 0.352 e. The van der Waals surface area contributed by atoms with E-state index >= 15 is 0 Å². The molecule has 108 valence electrons. The standard InChI is InChI=1S/C15H19ClN2O2/c1-10(14(19)18-11-6-2-3-7-11)17-15(20)12-8-4-5-9-13(12)16/h4-5,8-11H,2-3,6-7H2,1H3,(H,17,20)(H,18,19). The van der Waals surface area contributed by atoms with Gasteiger partial charge in [0.2, 0.25) is 5.91 Å². The number of benzene rings is 1. The van der Waals surface area contributed by atoms with E-state index in [0.717, 1.165) is 25.7 Å². The molecule has 2 amide bonds. The minimum absolute atomic E-state index is 0.141. The molecule has 1 fully saturated rings. The number of carbonyl (C=O) groups is 2. The van der Waals surface area contributed by atoms with Gasteiger partial charge in [0.25, 0.3) is 5.91 Å². The van der Waals surface area contributed by atoms with Crippen LogP contribution in [-0.4, -0.2) is 23.9 Å². The molecule has 0 spiro atoms. The Morgan fingerprint density at radius 1 is 1.25 bits per heavy atom. The second kappa shape index (κ2) is 6.75. The van der Waals surface area contributed by atoms with Gasteiger partial charge in [-0.15, -0.1) is 0 Å². The van der Waals surface area contributed by atoms with E-state index in [4.69, 9.17) is 11.6 Å². The fourth-order valence-electron chi connectivity index (χ4n) is 2.38. The number of rotatable bonds is 4. The molecule has 0 radical (unpaired) electrons. The van der Waals surface area contributed by atoms with E-state index in [1.54, 1.807) is 31.2 Å². The minimum Gasteiger partial charge on any atom is -0.352 e. The summed E-state index contributed by atoms with van der Waals surface area (Å²) in [5.74, 6) is -0.470. The molecule has 0 aromatic heterocycles. The van der Waals surface area contributed by atoms with Crippen LogP contribution in [0.15, 0.2) is 24.3 Å². The lowest BCUT2D eigenvalue weighted by atomic mass is 10.2. The van der Waals surface area contributed by atoms with Crippen LogP contribution in [0.5, 0.6) is 0 Å². The number of halogens is 1. The van der Waals surface area contributed by atoms with Crippen molar-refractivity contribution in [2.75, 3.05) is 0 Å². The Kier molecular flexibility index (Phi) is 5.01. The van der Waals surface area contributed by atoms with E-state index in [9.17, 15) is 9.59 Å². The Labute approximate surface area is 123 Å². The average Bonchev–Trinajstić information content (AvgIpc) is 2.91. The highest BCUT2D eigenvalue weighted by atomic mass is 35.5. The first kappa shape index (κ1) is 14.9. The molecule has 1 aromatic carbocycles. The molecule has 1 atom stereocenters. The number of carbonyl (C=O) groups excluding carboxylic acids is 2. The molecular formula is C15H19ClN2O2. The summed E-state index contributed by atoms with van der Waals surface area (Å²) in [5, 5.41) is 6.02. The summed E-state index contributed by atoms with van der Waals surface area (Å²) in [4.78, 5) is 24.0. The predicted octanol–water partition coefficient (Wildman–Crippen LogP) is 2.52. The maximum Gasteiger partial charge on any atom is 0.253 e. The zero-order valence-corrected chi connectivity index (χ0v) is 12.2. The molecule has 1 aliphatic carbocycles. The van der Waals surface area contributed by atoms with E-state index in [1.807, 2.05) is 0 Å². The van der Waals surface area contributed by atoms with Gasteiger partial charge in [-0.3, -0.25) is 9.59 Å². The van der Waals surface area contributed by atoms with E-state index in [1.165, 1.54) is 0 Å². The summed E-state index contributed by atoms with van der Waals surface area (Å²) in [6.07, 6.45) is 4.37. The summed E-state index contributed by atoms with van der Waals surface area (Å²) in [7, 11) is 0. The van der Waals surface area contributed by atoms with Crippen LogP contribution < -0.4 is 10.6 Å². The van der Waals surface area contributed by atoms with E-state index < -0.39 is 6.04 Å². The molecule has 1 unspecified atom stereocenters. The Morgan fingerprint density at radius 3 is 2.55 bits per heavy atom. The first-order chi connectivity index (χ1) is 9.58. The fraction of sp³-hybridized carbons (Fsp3) is 0.467. The monoisotopic (exact) mass is 294 g/mol. The lowest BCUT2D eigenvalue weighted by Gasteiger charge is -2.18. The quantitative estimate of drug-likeness (QED) is 0.896. The van der Waals surface area contributed by atoms with Gasteiger partial charge in [0.1, 0.15) is 6.04 Å². The maximum absolute atomic E-state index is 12.0. The molecular weight excluding hydrogens is 276 g/mol. The lowest BCUT2D eigenvalue weighted by Crippen LogP contribution is -2.47. The number of hydrogen-bond acceptors (Lipinski definition) is 2. The molecule has 0 heterocycles. The highest BCUT2D eigenvalue weighted by molar-refractivity contribution is 6.33. The number of amides is 2. The molecule has 20 heavy (non-hydrogen) atoms. The van der Waals surface area contributed by atoms with Crippen molar-refractivity contribution in [3.8, 4) is 0 Å². The lowest BCUT2D eigenvalue weighted by molar-refractivity contribution is -0.123. The summed E-state index contributed by atoms with van der Waals surface area (Å²) < 4.78 is 0. The van der Waals surface area contributed by atoms with Crippen LogP contribution in [0.2, 0.25) is 5.02 Å². The molecule has 2 N–H and O–H groups in total. The van der Waals surface area contributed by atoms with E-state index in [2.05, 4.69) is 10.6 Å². The maximum atomic E-state index is 12.0. The minimum atomic E-state index is -0.570. The van der Waals surface area contributed by atoms with Crippen LogP contribution in [0, 0.1) is 0 Å². The van der Waals surface area contributed by atoms with Gasteiger partial charge in [0.05, 0.1) is 10.6 Å². The van der Waals surface area contributed by atoms with Crippen LogP contribution in [0.25, 0.3) is 0 Å². The Hall–Kier alpha value is -1.55.